The summed E-state index contributed by atoms with van der Waals surface area (Å²) in [6.45, 7) is 12.5. The molecule has 0 heteroatoms. The minimum atomic E-state index is 1.05. The summed E-state index contributed by atoms with van der Waals surface area (Å²) in [7, 11) is 0. The number of hydrogen-bond donors (Lipinski definition) is 0. The van der Waals surface area contributed by atoms with Gasteiger partial charge >= 0.3 is 0 Å². The summed E-state index contributed by atoms with van der Waals surface area (Å²) in [6, 6.07) is 14.8. The van der Waals surface area contributed by atoms with Crippen LogP contribution in [0.3, 0.4) is 0 Å². The Morgan fingerprint density at radius 1 is 0.762 bits per heavy atom. The van der Waals surface area contributed by atoms with Gasteiger partial charge in [-0.1, -0.05) is 103 Å². The molecule has 0 N–H and O–H groups in total. The second-order valence-corrected chi connectivity index (χ2v) is 5.19. The molecule has 0 unspecified atom stereocenters. The molecule has 0 radical (unpaired) electrons. The third kappa shape index (κ3) is 7.32. The van der Waals surface area contributed by atoms with E-state index in [-0.39, 0.29) is 0 Å². The van der Waals surface area contributed by atoms with Crippen molar-refractivity contribution in [2.45, 2.75) is 67.2 Å². The normalized spacial score (nSPS) is 13.2. The van der Waals surface area contributed by atoms with E-state index in [0.717, 1.165) is 5.92 Å². The maximum absolute atomic E-state index is 2.34. The lowest BCUT2D eigenvalue weighted by molar-refractivity contribution is 0.612. The second-order valence-electron chi connectivity index (χ2n) is 5.19. The molecule has 1 saturated carbocycles. The zero-order valence-corrected chi connectivity index (χ0v) is 14.9. The lowest BCUT2D eigenvalue weighted by Gasteiger charge is -1.98. The van der Waals surface area contributed by atoms with E-state index in [1.807, 2.05) is 27.7 Å². The lowest BCUT2D eigenvalue weighted by atomic mass is 10.1. The van der Waals surface area contributed by atoms with Gasteiger partial charge in [0.15, 0.2) is 0 Å². The highest BCUT2D eigenvalue weighted by Gasteiger charge is 2.07. The first kappa shape index (κ1) is 19.7. The van der Waals surface area contributed by atoms with Crippen molar-refractivity contribution >= 4 is 10.8 Å². The monoisotopic (exact) mass is 286 g/mol. The number of fused-ring (bicyclic) bond motifs is 1. The predicted octanol–water partition coefficient (Wildman–Crippen LogP) is 7.40. The first-order chi connectivity index (χ1) is 10.3. The Morgan fingerprint density at radius 2 is 1.29 bits per heavy atom. The molecule has 0 aliphatic heterocycles. The van der Waals surface area contributed by atoms with Crippen molar-refractivity contribution in [2.24, 2.45) is 5.92 Å². The smallest absolute Gasteiger partial charge is 0.0155 e. The van der Waals surface area contributed by atoms with Crippen molar-refractivity contribution in [2.75, 3.05) is 0 Å². The minimum absolute atomic E-state index is 1.05. The summed E-state index contributed by atoms with van der Waals surface area (Å²) in [6.07, 6.45) is 5.95. The quantitative estimate of drug-likeness (QED) is 0.473. The van der Waals surface area contributed by atoms with Crippen LogP contribution in [0.2, 0.25) is 0 Å². The van der Waals surface area contributed by atoms with Crippen molar-refractivity contribution in [1.29, 1.82) is 0 Å². The molecule has 0 nitrogen and oxygen atoms in total. The summed E-state index contributed by atoms with van der Waals surface area (Å²) >= 11 is 0. The summed E-state index contributed by atoms with van der Waals surface area (Å²) in [5, 5.41) is 2.68. The third-order valence-corrected chi connectivity index (χ3v) is 3.65. The molecule has 1 aliphatic carbocycles. The molecule has 1 aliphatic rings. The molecule has 0 bridgehead atoms. The van der Waals surface area contributed by atoms with Crippen LogP contribution in [0.25, 0.3) is 10.8 Å². The van der Waals surface area contributed by atoms with Gasteiger partial charge in [0.1, 0.15) is 0 Å². The summed E-state index contributed by atoms with van der Waals surface area (Å²) in [4.78, 5) is 0. The van der Waals surface area contributed by atoms with Crippen LogP contribution in [0.15, 0.2) is 42.5 Å². The number of benzene rings is 2. The van der Waals surface area contributed by atoms with Gasteiger partial charge in [0.2, 0.25) is 0 Å². The van der Waals surface area contributed by atoms with Crippen LogP contribution >= 0.6 is 0 Å². The van der Waals surface area contributed by atoms with Gasteiger partial charge in [0, 0.05) is 0 Å². The Balaban J connectivity index is 0.000000341. The molecule has 2 aromatic rings. The van der Waals surface area contributed by atoms with Gasteiger partial charge in [-0.25, -0.2) is 0 Å². The Hall–Kier alpha value is -1.30. The third-order valence-electron chi connectivity index (χ3n) is 3.65. The molecule has 0 amide bonds. The van der Waals surface area contributed by atoms with E-state index in [4.69, 9.17) is 0 Å². The van der Waals surface area contributed by atoms with Crippen LogP contribution in [0.1, 0.15) is 65.9 Å². The average Bonchev–Trinajstić information content (AvgIpc) is 3.04. The number of aryl methyl sites for hydroxylation is 1. The van der Waals surface area contributed by atoms with E-state index in [1.54, 1.807) is 0 Å². The fraction of sp³-hybridized carbons (Fsp3) is 0.524. The molecular weight excluding hydrogens is 252 g/mol. The molecule has 118 valence electrons. The second kappa shape index (κ2) is 12.4. The van der Waals surface area contributed by atoms with Gasteiger partial charge in [-0.2, -0.15) is 0 Å². The molecule has 0 heterocycles. The minimum Gasteiger partial charge on any atom is -0.0683 e. The molecule has 21 heavy (non-hydrogen) atoms. The largest absolute Gasteiger partial charge is 0.0683 e. The Kier molecular flexibility index (Phi) is 11.7. The van der Waals surface area contributed by atoms with Crippen LogP contribution in [-0.4, -0.2) is 0 Å². The van der Waals surface area contributed by atoms with Crippen LogP contribution in [-0.2, 0) is 0 Å². The average molecular weight is 287 g/mol. The molecule has 3 rings (SSSR count). The Morgan fingerprint density at radius 3 is 1.76 bits per heavy atom. The highest BCUT2D eigenvalue weighted by atomic mass is 14.1. The maximum atomic E-state index is 2.34. The predicted molar refractivity (Wildman–Crippen MR) is 99.0 cm³/mol. The van der Waals surface area contributed by atoms with E-state index in [2.05, 4.69) is 56.3 Å². The van der Waals surface area contributed by atoms with E-state index in [0.29, 0.717) is 0 Å². The lowest BCUT2D eigenvalue weighted by Crippen LogP contribution is -1.78. The number of rotatable bonds is 0. The maximum Gasteiger partial charge on any atom is -0.0155 e. The van der Waals surface area contributed by atoms with E-state index >= 15 is 0 Å². The topological polar surface area (TPSA) is 0 Å². The Bertz CT molecular complexity index is 459. The van der Waals surface area contributed by atoms with Crippen molar-refractivity contribution in [3.8, 4) is 0 Å². The highest BCUT2D eigenvalue weighted by Crippen LogP contribution is 2.23. The molecule has 0 atom stereocenters. The summed E-state index contributed by atoms with van der Waals surface area (Å²) < 4.78 is 0. The van der Waals surface area contributed by atoms with Crippen molar-refractivity contribution in [3.05, 3.63) is 48.0 Å². The van der Waals surface area contributed by atoms with E-state index in [1.165, 1.54) is 42.0 Å². The van der Waals surface area contributed by atoms with Crippen molar-refractivity contribution < 1.29 is 0 Å². The van der Waals surface area contributed by atoms with Gasteiger partial charge in [0.05, 0.1) is 0 Å². The van der Waals surface area contributed by atoms with E-state index < -0.39 is 0 Å². The molecular formula is C21H34. The van der Waals surface area contributed by atoms with Gasteiger partial charge < -0.3 is 0 Å². The zero-order valence-electron chi connectivity index (χ0n) is 14.9. The Labute approximate surface area is 132 Å². The van der Waals surface area contributed by atoms with Crippen LogP contribution in [0, 0.1) is 12.8 Å². The zero-order chi connectivity index (χ0) is 16.1. The van der Waals surface area contributed by atoms with Gasteiger partial charge in [0.25, 0.3) is 0 Å². The first-order valence-electron chi connectivity index (χ1n) is 8.72. The molecule has 0 aromatic heterocycles. The van der Waals surface area contributed by atoms with Gasteiger partial charge in [-0.15, -0.1) is 0 Å². The fourth-order valence-electron chi connectivity index (χ4n) is 2.52. The molecule has 1 fully saturated rings. The molecule has 0 saturated heterocycles. The van der Waals surface area contributed by atoms with Gasteiger partial charge in [-0.05, 0) is 29.2 Å². The van der Waals surface area contributed by atoms with E-state index in [9.17, 15) is 0 Å². The summed E-state index contributed by atoms with van der Waals surface area (Å²) in [5.74, 6) is 1.05. The van der Waals surface area contributed by atoms with Crippen molar-refractivity contribution in [1.82, 2.24) is 0 Å². The first-order valence-corrected chi connectivity index (χ1v) is 8.72. The van der Waals surface area contributed by atoms with Crippen LogP contribution < -0.4 is 0 Å². The summed E-state index contributed by atoms with van der Waals surface area (Å²) in [5.41, 5.74) is 1.35. The number of hydrogen-bond acceptors (Lipinski definition) is 0. The van der Waals surface area contributed by atoms with Gasteiger partial charge in [-0.3, -0.25) is 0 Å². The highest BCUT2D eigenvalue weighted by molar-refractivity contribution is 5.85. The fourth-order valence-corrected chi connectivity index (χ4v) is 2.52. The molecule has 0 spiro atoms. The standard InChI is InChI=1S/C11H10.C6H12.2C2H6/c1-9-5-4-7-10-6-2-3-8-11(9)10;1-6-4-2-3-5-6;2*1-2/h2-8H,1H3;6H,2-5H2,1H3;2*1-2H3. The SMILES string of the molecule is CC.CC.CC1CCCC1.Cc1cccc2ccccc12. The van der Waals surface area contributed by atoms with Crippen molar-refractivity contribution in [3.63, 3.8) is 0 Å². The molecule has 2 aromatic carbocycles. The van der Waals surface area contributed by atoms with Crippen LogP contribution in [0.4, 0.5) is 0 Å². The van der Waals surface area contributed by atoms with Crippen LogP contribution in [0.5, 0.6) is 0 Å².